The number of carbonyl (C=O) groups is 1. The number of H-pyrrole nitrogens is 2. The number of ether oxygens (including phenoxy) is 1. The summed E-state index contributed by atoms with van der Waals surface area (Å²) in [5, 5.41) is 3.71. The van der Waals surface area contributed by atoms with Crippen LogP contribution in [0.2, 0.25) is 0 Å². The van der Waals surface area contributed by atoms with Gasteiger partial charge in [-0.25, -0.2) is 13.2 Å². The van der Waals surface area contributed by atoms with Crippen molar-refractivity contribution in [2.45, 2.75) is 18.2 Å². The third-order valence-corrected chi connectivity index (χ3v) is 6.51. The van der Waals surface area contributed by atoms with Crippen LogP contribution in [0.15, 0.2) is 34.1 Å². The Kier molecular flexibility index (Phi) is 6.06. The Morgan fingerprint density at radius 3 is 2.76 bits per heavy atom. The highest BCUT2D eigenvalue weighted by Crippen LogP contribution is 2.28. The molecule has 0 unspecified atom stereocenters. The van der Waals surface area contributed by atoms with Crippen LogP contribution in [0, 0.1) is 0 Å². The first-order valence-electron chi connectivity index (χ1n) is 9.26. The van der Waals surface area contributed by atoms with Crippen LogP contribution in [0.4, 0.5) is 0 Å². The van der Waals surface area contributed by atoms with Gasteiger partial charge in [-0.3, -0.25) is 4.79 Å². The summed E-state index contributed by atoms with van der Waals surface area (Å²) in [7, 11) is -0.489. The van der Waals surface area contributed by atoms with Crippen molar-refractivity contribution >= 4 is 37.8 Å². The van der Waals surface area contributed by atoms with E-state index in [1.54, 1.807) is 7.05 Å². The number of rotatable bonds is 8. The quantitative estimate of drug-likeness (QED) is 0.474. The molecule has 2 heterocycles. The number of sulfonamides is 1. The monoisotopic (exact) mass is 420 g/mol. The zero-order valence-corrected chi connectivity index (χ0v) is 17.4. The summed E-state index contributed by atoms with van der Waals surface area (Å²) in [6.07, 6.45) is 2.08. The molecule has 156 valence electrons. The summed E-state index contributed by atoms with van der Waals surface area (Å²) in [6.45, 7) is 2.94. The van der Waals surface area contributed by atoms with Gasteiger partial charge in [0.25, 0.3) is 5.56 Å². The lowest BCUT2D eigenvalue weighted by molar-refractivity contribution is 0.0507. The number of benzene rings is 1. The molecule has 0 saturated heterocycles. The van der Waals surface area contributed by atoms with Gasteiger partial charge in [-0.05, 0) is 31.7 Å². The van der Waals surface area contributed by atoms with Crippen molar-refractivity contribution in [3.05, 3.63) is 40.3 Å². The normalized spacial score (nSPS) is 12.1. The van der Waals surface area contributed by atoms with E-state index < -0.39 is 21.6 Å². The average molecular weight is 420 g/mol. The molecule has 3 aromatic rings. The Balaban J connectivity index is 2.20. The number of hydrogen-bond acceptors (Lipinski definition) is 6. The molecule has 0 aliphatic rings. The molecular formula is C19H24N4O5S. The molecule has 2 aromatic heterocycles. The smallest absolute Gasteiger partial charge is 0.340 e. The van der Waals surface area contributed by atoms with E-state index in [0.717, 1.165) is 0 Å². The van der Waals surface area contributed by atoms with E-state index in [0.29, 0.717) is 35.8 Å². The third kappa shape index (κ3) is 3.91. The standard InChI is InChI=1S/C19H24N4O5S/c1-4-9-28-19(25)14-11-21-17-16(14)13-10-12(5-6-15(13)22-18(17)24)29(26,27)23(3)8-7-20-2/h5-6,10-11,20-21H,4,7-9H2,1-3H3,(H,22,24). The number of aromatic amines is 2. The number of likely N-dealkylation sites (N-methyl/N-ethyl adjacent to an activating group) is 2. The second kappa shape index (κ2) is 8.36. The molecule has 3 N–H and O–H groups in total. The van der Waals surface area contributed by atoms with Gasteiger partial charge in [0.2, 0.25) is 10.0 Å². The van der Waals surface area contributed by atoms with E-state index in [2.05, 4.69) is 15.3 Å². The van der Waals surface area contributed by atoms with Gasteiger partial charge in [0.05, 0.1) is 17.1 Å². The minimum atomic E-state index is -3.74. The first kappa shape index (κ1) is 21.0. The highest BCUT2D eigenvalue weighted by Gasteiger charge is 2.23. The maximum atomic E-state index is 12.9. The van der Waals surface area contributed by atoms with E-state index in [4.69, 9.17) is 4.74 Å². The van der Waals surface area contributed by atoms with Crippen molar-refractivity contribution in [1.29, 1.82) is 0 Å². The number of nitrogens with one attached hydrogen (secondary N) is 3. The number of nitrogens with zero attached hydrogens (tertiary/aromatic N) is 1. The van der Waals surface area contributed by atoms with Gasteiger partial charge >= 0.3 is 5.97 Å². The second-order valence-corrected chi connectivity index (χ2v) is 8.72. The van der Waals surface area contributed by atoms with Crippen molar-refractivity contribution in [3.8, 4) is 0 Å². The summed E-state index contributed by atoms with van der Waals surface area (Å²) >= 11 is 0. The fraction of sp³-hybridized carbons (Fsp3) is 0.368. The van der Waals surface area contributed by atoms with E-state index >= 15 is 0 Å². The Hall–Kier alpha value is -2.69. The summed E-state index contributed by atoms with van der Waals surface area (Å²) in [4.78, 5) is 30.4. The van der Waals surface area contributed by atoms with Crippen LogP contribution < -0.4 is 10.9 Å². The van der Waals surface area contributed by atoms with Crippen molar-refractivity contribution in [3.63, 3.8) is 0 Å². The van der Waals surface area contributed by atoms with E-state index in [9.17, 15) is 18.0 Å². The molecule has 0 saturated carbocycles. The lowest BCUT2D eigenvalue weighted by Crippen LogP contribution is -2.32. The molecular weight excluding hydrogens is 396 g/mol. The molecule has 0 aliphatic heterocycles. The molecule has 10 heteroatoms. The molecule has 0 aliphatic carbocycles. The Labute approximate surface area is 168 Å². The predicted molar refractivity (Wildman–Crippen MR) is 111 cm³/mol. The van der Waals surface area contributed by atoms with E-state index in [1.807, 2.05) is 6.92 Å². The average Bonchev–Trinajstić information content (AvgIpc) is 3.16. The van der Waals surface area contributed by atoms with Gasteiger partial charge < -0.3 is 20.0 Å². The van der Waals surface area contributed by atoms with Crippen LogP contribution >= 0.6 is 0 Å². The van der Waals surface area contributed by atoms with Crippen LogP contribution in [0.25, 0.3) is 21.8 Å². The zero-order chi connectivity index (χ0) is 21.2. The van der Waals surface area contributed by atoms with Gasteiger partial charge in [0, 0.05) is 42.6 Å². The molecule has 0 bridgehead atoms. The fourth-order valence-corrected chi connectivity index (χ4v) is 4.27. The first-order chi connectivity index (χ1) is 13.8. The van der Waals surface area contributed by atoms with Crippen LogP contribution in [-0.2, 0) is 14.8 Å². The predicted octanol–water partition coefficient (Wildman–Crippen LogP) is 1.42. The molecule has 0 radical (unpaired) electrons. The van der Waals surface area contributed by atoms with Gasteiger partial charge in [-0.2, -0.15) is 4.31 Å². The van der Waals surface area contributed by atoms with Gasteiger partial charge in [0.15, 0.2) is 0 Å². The highest BCUT2D eigenvalue weighted by atomic mass is 32.2. The van der Waals surface area contributed by atoms with Crippen molar-refractivity contribution in [1.82, 2.24) is 19.6 Å². The molecule has 0 amide bonds. The van der Waals surface area contributed by atoms with Gasteiger partial charge in [-0.1, -0.05) is 6.92 Å². The molecule has 0 spiro atoms. The number of aromatic nitrogens is 2. The third-order valence-electron chi connectivity index (χ3n) is 4.66. The summed E-state index contributed by atoms with van der Waals surface area (Å²) in [6, 6.07) is 4.45. The van der Waals surface area contributed by atoms with Crippen LogP contribution in [0.5, 0.6) is 0 Å². The fourth-order valence-electron chi connectivity index (χ4n) is 3.07. The molecule has 0 atom stereocenters. The molecule has 1 aromatic carbocycles. The minimum Gasteiger partial charge on any atom is -0.462 e. The molecule has 9 nitrogen and oxygen atoms in total. The molecule has 3 rings (SSSR count). The highest BCUT2D eigenvalue weighted by molar-refractivity contribution is 7.89. The number of carbonyl (C=O) groups excluding carboxylic acids is 1. The second-order valence-electron chi connectivity index (χ2n) is 6.68. The largest absolute Gasteiger partial charge is 0.462 e. The van der Waals surface area contributed by atoms with Crippen LogP contribution in [0.3, 0.4) is 0 Å². The number of pyridine rings is 1. The van der Waals surface area contributed by atoms with Crippen molar-refractivity contribution in [2.24, 2.45) is 0 Å². The summed E-state index contributed by atoms with van der Waals surface area (Å²) in [5.74, 6) is -0.565. The topological polar surface area (TPSA) is 124 Å². The van der Waals surface area contributed by atoms with Gasteiger partial charge in [-0.15, -0.1) is 0 Å². The maximum absolute atomic E-state index is 12.9. The lowest BCUT2D eigenvalue weighted by Gasteiger charge is -2.17. The maximum Gasteiger partial charge on any atom is 0.340 e. The first-order valence-corrected chi connectivity index (χ1v) is 10.7. The Morgan fingerprint density at radius 2 is 2.07 bits per heavy atom. The minimum absolute atomic E-state index is 0.0750. The zero-order valence-electron chi connectivity index (χ0n) is 16.5. The number of esters is 1. The van der Waals surface area contributed by atoms with Crippen LogP contribution in [-0.4, -0.2) is 62.5 Å². The SMILES string of the molecule is CCCOC(=O)c1c[nH]c2c(=O)[nH]c3ccc(S(=O)(=O)N(C)CCNC)cc3c12. The van der Waals surface area contributed by atoms with E-state index in [1.165, 1.54) is 35.7 Å². The Bertz CT molecular complexity index is 1210. The van der Waals surface area contributed by atoms with Gasteiger partial charge in [0.1, 0.15) is 5.52 Å². The number of fused-ring (bicyclic) bond motifs is 3. The van der Waals surface area contributed by atoms with E-state index in [-0.39, 0.29) is 22.6 Å². The Morgan fingerprint density at radius 1 is 1.31 bits per heavy atom. The lowest BCUT2D eigenvalue weighted by atomic mass is 10.1. The van der Waals surface area contributed by atoms with Crippen molar-refractivity contribution < 1.29 is 17.9 Å². The molecule has 0 fully saturated rings. The summed E-state index contributed by atoms with van der Waals surface area (Å²) < 4.78 is 32.3. The molecule has 29 heavy (non-hydrogen) atoms. The van der Waals surface area contributed by atoms with Crippen LogP contribution in [0.1, 0.15) is 23.7 Å². The number of hydrogen-bond donors (Lipinski definition) is 3. The van der Waals surface area contributed by atoms with Crippen molar-refractivity contribution in [2.75, 3.05) is 33.8 Å². The summed E-state index contributed by atoms with van der Waals surface area (Å²) in [5.41, 5.74) is 0.425.